The molecule has 0 bridgehead atoms. The van der Waals surface area contributed by atoms with Crippen LogP contribution < -0.4 is 5.32 Å². The number of aliphatic hydroxyl groups is 1. The number of nitrogens with one attached hydrogen (secondary N) is 1. The molecule has 1 heterocycles. The zero-order valence-corrected chi connectivity index (χ0v) is 8.97. The van der Waals surface area contributed by atoms with Gasteiger partial charge in [-0.25, -0.2) is 0 Å². The second-order valence-electron chi connectivity index (χ2n) is 3.67. The van der Waals surface area contributed by atoms with Gasteiger partial charge in [0, 0.05) is 18.7 Å². The molecule has 0 aliphatic carbocycles. The summed E-state index contributed by atoms with van der Waals surface area (Å²) < 4.78 is 0. The van der Waals surface area contributed by atoms with Crippen LogP contribution >= 0.6 is 0 Å². The molecule has 1 atom stereocenters. The normalized spacial score (nSPS) is 12.5. The highest BCUT2D eigenvalue weighted by Crippen LogP contribution is 2.07. The van der Waals surface area contributed by atoms with Crippen LogP contribution in [0, 0.1) is 5.92 Å². The molecule has 0 saturated heterocycles. The zero-order chi connectivity index (χ0) is 11.3. The van der Waals surface area contributed by atoms with E-state index < -0.39 is 6.10 Å². The lowest BCUT2D eigenvalue weighted by Crippen LogP contribution is -2.31. The second kappa shape index (κ2) is 5.46. The predicted octanol–water partition coefficient (Wildman–Crippen LogP) is 0.887. The van der Waals surface area contributed by atoms with Crippen LogP contribution in [-0.2, 0) is 4.79 Å². The summed E-state index contributed by atoms with van der Waals surface area (Å²) in [6.45, 7) is 3.82. The van der Waals surface area contributed by atoms with E-state index in [4.69, 9.17) is 0 Å². The lowest BCUT2D eigenvalue weighted by atomic mass is 10.2. The lowest BCUT2D eigenvalue weighted by molar-refractivity contribution is -0.124. The fourth-order valence-corrected chi connectivity index (χ4v) is 1.08. The van der Waals surface area contributed by atoms with Crippen molar-refractivity contribution in [2.45, 2.75) is 20.0 Å². The van der Waals surface area contributed by atoms with Crippen LogP contribution in [0.2, 0.25) is 0 Å². The third-order valence-electron chi connectivity index (χ3n) is 2.02. The van der Waals surface area contributed by atoms with Crippen LogP contribution in [0.4, 0.5) is 0 Å². The molecular weight excluding hydrogens is 192 g/mol. The van der Waals surface area contributed by atoms with E-state index in [2.05, 4.69) is 10.3 Å². The van der Waals surface area contributed by atoms with Crippen LogP contribution in [0.25, 0.3) is 0 Å². The van der Waals surface area contributed by atoms with Gasteiger partial charge in [0.05, 0.1) is 5.69 Å². The fourth-order valence-electron chi connectivity index (χ4n) is 1.08. The molecule has 15 heavy (non-hydrogen) atoms. The minimum Gasteiger partial charge on any atom is -0.385 e. The topological polar surface area (TPSA) is 62.2 Å². The molecule has 0 saturated carbocycles. The van der Waals surface area contributed by atoms with Crippen molar-refractivity contribution in [2.75, 3.05) is 6.54 Å². The highest BCUT2D eigenvalue weighted by molar-refractivity contribution is 5.77. The Kier molecular flexibility index (Phi) is 4.24. The van der Waals surface area contributed by atoms with Crippen molar-refractivity contribution in [3.05, 3.63) is 30.1 Å². The molecular formula is C11H16N2O2. The van der Waals surface area contributed by atoms with Crippen LogP contribution in [0.1, 0.15) is 25.6 Å². The summed E-state index contributed by atoms with van der Waals surface area (Å²) in [4.78, 5) is 15.2. The van der Waals surface area contributed by atoms with Crippen molar-refractivity contribution in [3.8, 4) is 0 Å². The molecule has 0 radical (unpaired) electrons. The molecule has 0 aromatic carbocycles. The van der Waals surface area contributed by atoms with E-state index >= 15 is 0 Å². The number of aromatic nitrogens is 1. The minimum atomic E-state index is -0.742. The lowest BCUT2D eigenvalue weighted by Gasteiger charge is -2.12. The van der Waals surface area contributed by atoms with Gasteiger partial charge < -0.3 is 10.4 Å². The van der Waals surface area contributed by atoms with E-state index in [1.165, 1.54) is 0 Å². The van der Waals surface area contributed by atoms with Gasteiger partial charge in [-0.15, -0.1) is 0 Å². The van der Waals surface area contributed by atoms with Gasteiger partial charge in [-0.2, -0.15) is 0 Å². The van der Waals surface area contributed by atoms with Crippen molar-refractivity contribution < 1.29 is 9.90 Å². The van der Waals surface area contributed by atoms with Crippen LogP contribution in [0.5, 0.6) is 0 Å². The van der Waals surface area contributed by atoms with Crippen molar-refractivity contribution in [3.63, 3.8) is 0 Å². The van der Waals surface area contributed by atoms with E-state index in [1.54, 1.807) is 24.4 Å². The van der Waals surface area contributed by atoms with Gasteiger partial charge in [-0.1, -0.05) is 19.9 Å². The smallest absolute Gasteiger partial charge is 0.222 e. The van der Waals surface area contributed by atoms with E-state index in [-0.39, 0.29) is 18.4 Å². The molecule has 1 aromatic heterocycles. The summed E-state index contributed by atoms with van der Waals surface area (Å²) in [7, 11) is 0. The molecule has 1 amide bonds. The third-order valence-corrected chi connectivity index (χ3v) is 2.02. The molecule has 1 unspecified atom stereocenters. The van der Waals surface area contributed by atoms with E-state index in [0.717, 1.165) is 0 Å². The predicted molar refractivity (Wildman–Crippen MR) is 57.0 cm³/mol. The molecule has 1 rings (SSSR count). The zero-order valence-electron chi connectivity index (χ0n) is 8.97. The SMILES string of the molecule is CC(C)C(=O)NCC(O)c1ccccn1. The molecule has 2 N–H and O–H groups in total. The summed E-state index contributed by atoms with van der Waals surface area (Å²) in [5, 5.41) is 12.3. The number of aliphatic hydroxyl groups excluding tert-OH is 1. The number of rotatable bonds is 4. The largest absolute Gasteiger partial charge is 0.385 e. The fraction of sp³-hybridized carbons (Fsp3) is 0.455. The molecule has 0 spiro atoms. The molecule has 4 heteroatoms. The highest BCUT2D eigenvalue weighted by atomic mass is 16.3. The van der Waals surface area contributed by atoms with E-state index in [1.807, 2.05) is 13.8 Å². The average molecular weight is 208 g/mol. The van der Waals surface area contributed by atoms with Gasteiger partial charge in [0.15, 0.2) is 0 Å². The molecule has 4 nitrogen and oxygen atoms in total. The summed E-state index contributed by atoms with van der Waals surface area (Å²) in [6.07, 6.45) is 0.872. The standard InChI is InChI=1S/C11H16N2O2/c1-8(2)11(15)13-7-10(14)9-5-3-4-6-12-9/h3-6,8,10,14H,7H2,1-2H3,(H,13,15). The maximum Gasteiger partial charge on any atom is 0.222 e. The molecule has 0 fully saturated rings. The first-order valence-electron chi connectivity index (χ1n) is 4.98. The van der Waals surface area contributed by atoms with Crippen molar-refractivity contribution in [1.82, 2.24) is 10.3 Å². The monoisotopic (exact) mass is 208 g/mol. The molecule has 1 aromatic rings. The Bertz CT molecular complexity index is 312. The van der Waals surface area contributed by atoms with Crippen LogP contribution in [0.15, 0.2) is 24.4 Å². The average Bonchev–Trinajstić information content (AvgIpc) is 2.26. The number of amides is 1. The maximum absolute atomic E-state index is 11.2. The Balaban J connectivity index is 2.44. The van der Waals surface area contributed by atoms with Gasteiger partial charge in [-0.05, 0) is 12.1 Å². The Morgan fingerprint density at radius 3 is 2.80 bits per heavy atom. The minimum absolute atomic E-state index is 0.0648. The molecule has 0 aliphatic heterocycles. The summed E-state index contributed by atoms with van der Waals surface area (Å²) in [6, 6.07) is 5.31. The summed E-state index contributed by atoms with van der Waals surface area (Å²) in [5.74, 6) is -0.133. The number of pyridine rings is 1. The Morgan fingerprint density at radius 1 is 1.53 bits per heavy atom. The van der Waals surface area contributed by atoms with Gasteiger partial charge in [0.25, 0.3) is 0 Å². The first-order valence-corrected chi connectivity index (χ1v) is 4.98. The van der Waals surface area contributed by atoms with Gasteiger partial charge >= 0.3 is 0 Å². The summed E-state index contributed by atoms with van der Waals surface area (Å²) >= 11 is 0. The first-order chi connectivity index (χ1) is 7.11. The Morgan fingerprint density at radius 2 is 2.27 bits per heavy atom. The van der Waals surface area contributed by atoms with Gasteiger partial charge in [0.2, 0.25) is 5.91 Å². The number of hydrogen-bond donors (Lipinski definition) is 2. The van der Waals surface area contributed by atoms with E-state index in [9.17, 15) is 9.90 Å². The number of carbonyl (C=O) groups excluding carboxylic acids is 1. The highest BCUT2D eigenvalue weighted by Gasteiger charge is 2.11. The Hall–Kier alpha value is -1.42. The molecule has 82 valence electrons. The van der Waals surface area contributed by atoms with Crippen molar-refractivity contribution in [1.29, 1.82) is 0 Å². The second-order valence-corrected chi connectivity index (χ2v) is 3.67. The van der Waals surface area contributed by atoms with Crippen LogP contribution in [-0.4, -0.2) is 22.5 Å². The first kappa shape index (κ1) is 11.7. The van der Waals surface area contributed by atoms with Crippen molar-refractivity contribution in [2.24, 2.45) is 5.92 Å². The quantitative estimate of drug-likeness (QED) is 0.772. The summed E-state index contributed by atoms with van der Waals surface area (Å²) in [5.41, 5.74) is 0.571. The Labute approximate surface area is 89.3 Å². The third kappa shape index (κ3) is 3.67. The van der Waals surface area contributed by atoms with Gasteiger partial charge in [-0.3, -0.25) is 9.78 Å². The number of nitrogens with zero attached hydrogens (tertiary/aromatic N) is 1. The van der Waals surface area contributed by atoms with Crippen LogP contribution in [0.3, 0.4) is 0 Å². The number of carbonyl (C=O) groups is 1. The van der Waals surface area contributed by atoms with Crippen molar-refractivity contribution >= 4 is 5.91 Å². The molecule has 0 aliphatic rings. The number of hydrogen-bond acceptors (Lipinski definition) is 3. The van der Waals surface area contributed by atoms with Gasteiger partial charge in [0.1, 0.15) is 6.10 Å². The maximum atomic E-state index is 11.2. The van der Waals surface area contributed by atoms with E-state index in [0.29, 0.717) is 5.69 Å².